The van der Waals surface area contributed by atoms with Gasteiger partial charge < -0.3 is 34.1 Å². The van der Waals surface area contributed by atoms with Gasteiger partial charge in [-0.2, -0.15) is 0 Å². The fourth-order valence-electron chi connectivity index (χ4n) is 4.99. The van der Waals surface area contributed by atoms with Gasteiger partial charge in [-0.1, -0.05) is 0 Å². The molecule has 2 aromatic carbocycles. The Morgan fingerprint density at radius 1 is 1.06 bits per heavy atom. The summed E-state index contributed by atoms with van der Waals surface area (Å²) in [4.78, 5) is 5.29. The zero-order valence-corrected chi connectivity index (χ0v) is 20.5. The molecule has 0 radical (unpaired) electrons. The van der Waals surface area contributed by atoms with Crippen LogP contribution in [0.1, 0.15) is 50.4 Å². The van der Waals surface area contributed by atoms with Crippen LogP contribution in [0.15, 0.2) is 36.4 Å². The number of aliphatic hydroxyl groups is 2. The van der Waals surface area contributed by atoms with Crippen LogP contribution in [0.4, 0.5) is 0 Å². The number of hydrogen-bond donors (Lipinski definition) is 4. The van der Waals surface area contributed by atoms with Crippen molar-refractivity contribution in [3.8, 4) is 23.0 Å². The zero-order valence-electron chi connectivity index (χ0n) is 20.5. The van der Waals surface area contributed by atoms with Gasteiger partial charge in [-0.25, -0.2) is 0 Å². The third kappa shape index (κ3) is 4.40. The number of likely N-dealkylation sites (tertiary alicyclic amines) is 1. The second-order valence-electron chi connectivity index (χ2n) is 9.40. The predicted molar refractivity (Wildman–Crippen MR) is 131 cm³/mol. The number of aromatic nitrogens is 1. The lowest BCUT2D eigenvalue weighted by Crippen LogP contribution is -2.60. The summed E-state index contributed by atoms with van der Waals surface area (Å²) in [6.45, 7) is 5.08. The number of benzene rings is 2. The molecule has 3 aromatic rings. The number of nitrogens with one attached hydrogen (secondary N) is 2. The summed E-state index contributed by atoms with van der Waals surface area (Å²) in [6.07, 6.45) is -0.454. The quantitative estimate of drug-likeness (QED) is 0.422. The molecule has 9 heteroatoms. The van der Waals surface area contributed by atoms with Crippen LogP contribution >= 0.6 is 0 Å². The zero-order chi connectivity index (χ0) is 24.7. The number of ether oxygens (including phenoxy) is 4. The van der Waals surface area contributed by atoms with Gasteiger partial charge >= 0.3 is 0 Å². The van der Waals surface area contributed by atoms with Crippen LogP contribution in [-0.4, -0.2) is 59.2 Å². The van der Waals surface area contributed by atoms with E-state index in [0.29, 0.717) is 60.2 Å². The van der Waals surface area contributed by atoms with Crippen molar-refractivity contribution in [2.24, 2.45) is 0 Å². The Balaban J connectivity index is 1.31. The van der Waals surface area contributed by atoms with E-state index < -0.39 is 18.2 Å². The van der Waals surface area contributed by atoms with Gasteiger partial charge in [0.1, 0.15) is 35.5 Å². The van der Waals surface area contributed by atoms with Crippen molar-refractivity contribution in [1.29, 1.82) is 0 Å². The normalized spacial score (nSPS) is 20.5. The Hall–Kier alpha value is -2.98. The molecule has 1 fully saturated rings. The van der Waals surface area contributed by atoms with Crippen LogP contribution in [0, 0.1) is 0 Å². The lowest BCUT2D eigenvalue weighted by Gasteiger charge is -2.47. The molecule has 2 unspecified atom stereocenters. The molecule has 0 aliphatic carbocycles. The molecule has 1 spiro atoms. The Morgan fingerprint density at radius 3 is 2.46 bits per heavy atom. The van der Waals surface area contributed by atoms with Gasteiger partial charge in [-0.05, 0) is 50.2 Å². The second kappa shape index (κ2) is 9.23. The van der Waals surface area contributed by atoms with Crippen LogP contribution < -0.4 is 24.3 Å². The topological polar surface area (TPSA) is 108 Å². The highest BCUT2D eigenvalue weighted by Crippen LogP contribution is 2.41. The second-order valence-corrected chi connectivity index (χ2v) is 9.40. The fourth-order valence-corrected chi connectivity index (χ4v) is 4.99. The summed E-state index contributed by atoms with van der Waals surface area (Å²) >= 11 is 0. The molecule has 9 nitrogen and oxygen atoms in total. The molecule has 5 rings (SSSR count). The highest BCUT2D eigenvalue weighted by Gasteiger charge is 2.43. The van der Waals surface area contributed by atoms with Gasteiger partial charge in [-0.3, -0.25) is 10.2 Å². The van der Waals surface area contributed by atoms with Crippen molar-refractivity contribution in [3.63, 3.8) is 0 Å². The molecule has 4 N–H and O–H groups in total. The number of aromatic amines is 1. The van der Waals surface area contributed by atoms with E-state index in [4.69, 9.17) is 18.9 Å². The molecule has 0 saturated carbocycles. The lowest BCUT2D eigenvalue weighted by atomic mass is 9.96. The van der Waals surface area contributed by atoms with Crippen molar-refractivity contribution in [2.75, 3.05) is 27.3 Å². The number of rotatable bonds is 6. The number of hydrogen-bond acceptors (Lipinski definition) is 8. The summed E-state index contributed by atoms with van der Waals surface area (Å²) in [6, 6.07) is 11.1. The minimum absolute atomic E-state index is 0.0456. The summed E-state index contributed by atoms with van der Waals surface area (Å²) in [7, 11) is 3.24. The van der Waals surface area contributed by atoms with Gasteiger partial charge in [-0.15, -0.1) is 0 Å². The molecule has 2 atom stereocenters. The summed E-state index contributed by atoms with van der Waals surface area (Å²) in [5, 5.41) is 26.1. The third-order valence-corrected chi connectivity index (χ3v) is 6.76. The number of H-pyrrole nitrogens is 1. The van der Waals surface area contributed by atoms with Crippen molar-refractivity contribution in [1.82, 2.24) is 15.2 Å². The van der Waals surface area contributed by atoms with E-state index in [1.54, 1.807) is 14.2 Å². The van der Waals surface area contributed by atoms with Crippen LogP contribution in [0.3, 0.4) is 0 Å². The molecular weight excluding hydrogens is 450 g/mol. The fraction of sp³-hybridized carbons (Fsp3) is 0.462. The number of piperidine rings is 1. The van der Waals surface area contributed by atoms with E-state index in [1.165, 1.54) is 0 Å². The average Bonchev–Trinajstić information content (AvgIpc) is 3.29. The number of aliphatic hydroxyl groups excluding tert-OH is 2. The maximum Gasteiger partial charge on any atom is 0.165 e. The summed E-state index contributed by atoms with van der Waals surface area (Å²) in [5.74, 6) is 2.74. The minimum atomic E-state index is -0.862. The third-order valence-electron chi connectivity index (χ3n) is 6.76. The first kappa shape index (κ1) is 23.7. The van der Waals surface area contributed by atoms with Crippen molar-refractivity contribution in [3.05, 3.63) is 47.7 Å². The van der Waals surface area contributed by atoms with Crippen molar-refractivity contribution >= 4 is 10.9 Å². The Bertz CT molecular complexity index is 1160. The summed E-state index contributed by atoms with van der Waals surface area (Å²) < 4.78 is 23.1. The van der Waals surface area contributed by atoms with Crippen LogP contribution in [-0.2, 0) is 0 Å². The van der Waals surface area contributed by atoms with Crippen molar-refractivity contribution < 1.29 is 29.2 Å². The van der Waals surface area contributed by atoms with Gasteiger partial charge in [0.25, 0.3) is 0 Å². The molecule has 1 aromatic heterocycles. The molecule has 3 heterocycles. The average molecular weight is 484 g/mol. The van der Waals surface area contributed by atoms with Crippen LogP contribution in [0.25, 0.3) is 10.9 Å². The SMILES string of the molecule is COc1ccc(OC)c2[nH]c(C(O)N3CCC4(CC3)NC(O)c3cc(OC(C)C)ccc3O4)cc12. The van der Waals surface area contributed by atoms with Gasteiger partial charge in [0.2, 0.25) is 0 Å². The van der Waals surface area contributed by atoms with Gasteiger partial charge in [0, 0.05) is 36.9 Å². The largest absolute Gasteiger partial charge is 0.496 e. The van der Waals surface area contributed by atoms with E-state index in [2.05, 4.69) is 10.3 Å². The Morgan fingerprint density at radius 2 is 1.77 bits per heavy atom. The standard InChI is InChI=1S/C26H33N3O6/c1-15(2)34-16-5-6-21-18(13-16)24(30)28-26(35-21)9-11-29(12-10-26)25(31)19-14-17-20(32-3)7-8-22(33-4)23(17)27-19/h5-8,13-15,24-25,27-28,30-31H,9-12H2,1-4H3. The van der Waals surface area contributed by atoms with E-state index >= 15 is 0 Å². The highest BCUT2D eigenvalue weighted by molar-refractivity contribution is 5.91. The Kier molecular flexibility index (Phi) is 6.27. The molecular formula is C26H33N3O6. The van der Waals surface area contributed by atoms with E-state index in [0.717, 1.165) is 10.9 Å². The Labute approximate surface area is 204 Å². The molecule has 188 valence electrons. The first-order valence-corrected chi connectivity index (χ1v) is 11.9. The summed E-state index contributed by atoms with van der Waals surface area (Å²) in [5.41, 5.74) is 1.42. The van der Waals surface area contributed by atoms with Crippen molar-refractivity contribution in [2.45, 2.75) is 51.0 Å². The van der Waals surface area contributed by atoms with Crippen LogP contribution in [0.2, 0.25) is 0 Å². The molecule has 2 aliphatic heterocycles. The molecule has 0 amide bonds. The van der Waals surface area contributed by atoms with E-state index in [9.17, 15) is 10.2 Å². The minimum Gasteiger partial charge on any atom is -0.496 e. The lowest BCUT2D eigenvalue weighted by molar-refractivity contribution is -0.111. The van der Waals surface area contributed by atoms with E-state index in [1.807, 2.05) is 55.1 Å². The van der Waals surface area contributed by atoms with Gasteiger partial charge in [0.15, 0.2) is 5.72 Å². The van der Waals surface area contributed by atoms with Crippen LogP contribution in [0.5, 0.6) is 23.0 Å². The number of fused-ring (bicyclic) bond motifs is 2. The maximum atomic E-state index is 11.2. The number of methoxy groups -OCH3 is 2. The molecule has 1 saturated heterocycles. The molecule has 2 aliphatic rings. The maximum absolute atomic E-state index is 11.2. The predicted octanol–water partition coefficient (Wildman–Crippen LogP) is 3.43. The monoisotopic (exact) mass is 483 g/mol. The highest BCUT2D eigenvalue weighted by atomic mass is 16.5. The smallest absolute Gasteiger partial charge is 0.165 e. The molecule has 35 heavy (non-hydrogen) atoms. The van der Waals surface area contributed by atoms with E-state index in [-0.39, 0.29) is 6.10 Å². The molecule has 0 bridgehead atoms. The first-order valence-electron chi connectivity index (χ1n) is 11.9. The first-order chi connectivity index (χ1) is 16.8. The number of nitrogens with zero attached hydrogens (tertiary/aromatic N) is 1. The van der Waals surface area contributed by atoms with Gasteiger partial charge in [0.05, 0.1) is 31.5 Å².